The molecule has 0 unspecified atom stereocenters. The molecular formula is C21H28N4O3S. The van der Waals surface area contributed by atoms with Crippen LogP contribution in [0.2, 0.25) is 0 Å². The fourth-order valence-electron chi connectivity index (χ4n) is 3.26. The van der Waals surface area contributed by atoms with Crippen molar-refractivity contribution in [2.45, 2.75) is 63.2 Å². The minimum absolute atomic E-state index is 0.0190. The summed E-state index contributed by atoms with van der Waals surface area (Å²) in [6.45, 7) is 6.05. The first-order valence-corrected chi connectivity index (χ1v) is 11.4. The number of aryl methyl sites for hydroxylation is 2. The summed E-state index contributed by atoms with van der Waals surface area (Å²) in [4.78, 5) is 20.9. The lowest BCUT2D eigenvalue weighted by atomic mass is 9.92. The van der Waals surface area contributed by atoms with Crippen molar-refractivity contribution in [1.29, 1.82) is 0 Å². The minimum Gasteiger partial charge on any atom is -0.323 e. The second kappa shape index (κ2) is 8.59. The van der Waals surface area contributed by atoms with Crippen LogP contribution in [0, 0.1) is 0 Å². The van der Waals surface area contributed by atoms with Gasteiger partial charge in [-0.2, -0.15) is 0 Å². The van der Waals surface area contributed by atoms with Crippen LogP contribution >= 0.6 is 0 Å². The highest BCUT2D eigenvalue weighted by molar-refractivity contribution is 7.89. The second-order valence-electron chi connectivity index (χ2n) is 8.38. The molecule has 1 amide bonds. The summed E-state index contributed by atoms with van der Waals surface area (Å²) in [5.41, 5.74) is 2.66. The molecular weight excluding hydrogens is 388 g/mol. The third kappa shape index (κ3) is 5.61. The molecule has 29 heavy (non-hydrogen) atoms. The van der Waals surface area contributed by atoms with Gasteiger partial charge >= 0.3 is 0 Å². The molecule has 0 spiro atoms. The molecule has 1 aromatic heterocycles. The van der Waals surface area contributed by atoms with Crippen molar-refractivity contribution < 1.29 is 13.2 Å². The number of nitrogens with zero attached hydrogens (tertiary/aromatic N) is 2. The minimum atomic E-state index is -3.64. The Bertz CT molecular complexity index is 980. The first-order valence-electron chi connectivity index (χ1n) is 9.89. The van der Waals surface area contributed by atoms with Gasteiger partial charge in [-0.25, -0.2) is 23.1 Å². The predicted molar refractivity (Wildman–Crippen MR) is 112 cm³/mol. The lowest BCUT2D eigenvalue weighted by Crippen LogP contribution is -2.28. The number of sulfonamides is 1. The van der Waals surface area contributed by atoms with Crippen LogP contribution < -0.4 is 10.0 Å². The highest BCUT2D eigenvalue weighted by Crippen LogP contribution is 2.24. The van der Waals surface area contributed by atoms with Crippen molar-refractivity contribution >= 4 is 21.6 Å². The molecule has 0 saturated carbocycles. The van der Waals surface area contributed by atoms with Gasteiger partial charge in [-0.05, 0) is 48.9 Å². The summed E-state index contributed by atoms with van der Waals surface area (Å²) in [5.74, 6) is 0.388. The van der Waals surface area contributed by atoms with Gasteiger partial charge in [-0.1, -0.05) is 26.8 Å². The number of benzene rings is 1. The van der Waals surface area contributed by atoms with E-state index in [-0.39, 0.29) is 29.2 Å². The van der Waals surface area contributed by atoms with Crippen molar-refractivity contribution in [1.82, 2.24) is 14.7 Å². The molecule has 0 saturated heterocycles. The zero-order chi connectivity index (χ0) is 21.1. The Morgan fingerprint density at radius 1 is 1.07 bits per heavy atom. The Kier molecular flexibility index (Phi) is 6.33. The van der Waals surface area contributed by atoms with Crippen LogP contribution in [0.3, 0.4) is 0 Å². The molecule has 156 valence electrons. The maximum atomic E-state index is 12.5. The number of rotatable bonds is 6. The monoisotopic (exact) mass is 416 g/mol. The number of hydrogen-bond donors (Lipinski definition) is 2. The van der Waals surface area contributed by atoms with E-state index < -0.39 is 10.0 Å². The molecule has 7 nitrogen and oxygen atoms in total. The summed E-state index contributed by atoms with van der Waals surface area (Å²) in [5, 5.41) is 2.69. The smallest absolute Gasteiger partial charge is 0.240 e. The molecule has 8 heteroatoms. The molecule has 0 aliphatic heterocycles. The van der Waals surface area contributed by atoms with Crippen LogP contribution in [0.25, 0.3) is 0 Å². The maximum absolute atomic E-state index is 12.5. The Balaban J connectivity index is 1.53. The third-order valence-electron chi connectivity index (χ3n) is 4.88. The molecule has 1 aliphatic rings. The van der Waals surface area contributed by atoms with E-state index in [9.17, 15) is 13.2 Å². The van der Waals surface area contributed by atoms with Gasteiger partial charge in [0.15, 0.2) is 0 Å². The van der Waals surface area contributed by atoms with Crippen LogP contribution in [0.15, 0.2) is 35.5 Å². The Hall–Kier alpha value is -2.32. The molecule has 1 heterocycles. The first kappa shape index (κ1) is 21.4. The zero-order valence-electron chi connectivity index (χ0n) is 17.2. The van der Waals surface area contributed by atoms with Crippen LogP contribution in [-0.2, 0) is 33.1 Å². The third-order valence-corrected chi connectivity index (χ3v) is 6.34. The summed E-state index contributed by atoms with van der Waals surface area (Å²) < 4.78 is 27.6. The van der Waals surface area contributed by atoms with Gasteiger partial charge in [-0.15, -0.1) is 0 Å². The standard InChI is InChI=1S/C21H28N4O3S/c1-21(2,3)20-22-13-17(14-23-20)25-19(26)10-11-24-29(27,28)18-9-8-15-6-4-5-7-16(15)12-18/h8-9,12-14,24H,4-7,10-11H2,1-3H3,(H,25,26). The van der Waals surface area contributed by atoms with Crippen molar-refractivity contribution in [3.05, 3.63) is 47.5 Å². The van der Waals surface area contributed by atoms with E-state index in [1.807, 2.05) is 26.8 Å². The summed E-state index contributed by atoms with van der Waals surface area (Å²) in [7, 11) is -3.64. The molecule has 1 aliphatic carbocycles. The number of hydrogen-bond acceptors (Lipinski definition) is 5. The molecule has 0 bridgehead atoms. The van der Waals surface area contributed by atoms with E-state index in [1.165, 1.54) is 5.56 Å². The van der Waals surface area contributed by atoms with E-state index in [0.29, 0.717) is 11.5 Å². The van der Waals surface area contributed by atoms with Gasteiger partial charge in [0.1, 0.15) is 5.82 Å². The van der Waals surface area contributed by atoms with E-state index in [0.717, 1.165) is 31.2 Å². The number of amides is 1. The Labute approximate surface area is 172 Å². The molecule has 0 radical (unpaired) electrons. The lowest BCUT2D eigenvalue weighted by molar-refractivity contribution is -0.116. The highest BCUT2D eigenvalue weighted by atomic mass is 32.2. The van der Waals surface area contributed by atoms with E-state index in [2.05, 4.69) is 20.0 Å². The fraction of sp³-hybridized carbons (Fsp3) is 0.476. The maximum Gasteiger partial charge on any atom is 0.240 e. The van der Waals surface area contributed by atoms with Gasteiger partial charge in [0, 0.05) is 18.4 Å². The molecule has 0 atom stereocenters. The topological polar surface area (TPSA) is 101 Å². The Morgan fingerprint density at radius 2 is 1.72 bits per heavy atom. The molecule has 3 rings (SSSR count). The summed E-state index contributed by atoms with van der Waals surface area (Å²) in [6, 6.07) is 5.29. The van der Waals surface area contributed by atoms with Crippen LogP contribution in [0.1, 0.15) is 57.0 Å². The number of anilines is 1. The van der Waals surface area contributed by atoms with Crippen LogP contribution in [0.5, 0.6) is 0 Å². The normalized spacial score (nSPS) is 14.3. The Morgan fingerprint density at radius 3 is 2.38 bits per heavy atom. The van der Waals surface area contributed by atoms with Gasteiger partial charge in [0.2, 0.25) is 15.9 Å². The van der Waals surface area contributed by atoms with Crippen LogP contribution in [-0.4, -0.2) is 30.8 Å². The predicted octanol–water partition coefficient (Wildman–Crippen LogP) is 2.96. The molecule has 1 aromatic carbocycles. The zero-order valence-corrected chi connectivity index (χ0v) is 18.0. The SMILES string of the molecule is CC(C)(C)c1ncc(NC(=O)CCNS(=O)(=O)c2ccc3c(c2)CCCC3)cn1. The molecule has 2 N–H and O–H groups in total. The fourth-order valence-corrected chi connectivity index (χ4v) is 4.34. The number of nitrogens with one attached hydrogen (secondary N) is 2. The number of fused-ring (bicyclic) bond motifs is 1. The summed E-state index contributed by atoms with van der Waals surface area (Å²) in [6.07, 6.45) is 7.29. The number of carbonyl (C=O) groups excluding carboxylic acids is 1. The van der Waals surface area contributed by atoms with Crippen molar-refractivity contribution in [2.75, 3.05) is 11.9 Å². The van der Waals surface area contributed by atoms with Crippen molar-refractivity contribution in [2.24, 2.45) is 0 Å². The largest absolute Gasteiger partial charge is 0.323 e. The van der Waals surface area contributed by atoms with Gasteiger partial charge in [0.05, 0.1) is 23.0 Å². The average molecular weight is 417 g/mol. The second-order valence-corrected chi connectivity index (χ2v) is 10.1. The van der Waals surface area contributed by atoms with Crippen LogP contribution in [0.4, 0.5) is 5.69 Å². The van der Waals surface area contributed by atoms with Gasteiger partial charge in [-0.3, -0.25) is 4.79 Å². The van der Waals surface area contributed by atoms with E-state index in [1.54, 1.807) is 24.5 Å². The van der Waals surface area contributed by atoms with Crippen molar-refractivity contribution in [3.63, 3.8) is 0 Å². The first-order chi connectivity index (χ1) is 13.6. The lowest BCUT2D eigenvalue weighted by Gasteiger charge is -2.17. The van der Waals surface area contributed by atoms with Crippen molar-refractivity contribution in [3.8, 4) is 0 Å². The van der Waals surface area contributed by atoms with Gasteiger partial charge in [0.25, 0.3) is 0 Å². The average Bonchev–Trinajstić information content (AvgIpc) is 2.67. The highest BCUT2D eigenvalue weighted by Gasteiger charge is 2.19. The quantitative estimate of drug-likeness (QED) is 0.754. The molecule has 0 fully saturated rings. The number of carbonyl (C=O) groups is 1. The number of aromatic nitrogens is 2. The van der Waals surface area contributed by atoms with E-state index >= 15 is 0 Å². The molecule has 2 aromatic rings. The summed E-state index contributed by atoms with van der Waals surface area (Å²) >= 11 is 0. The van der Waals surface area contributed by atoms with E-state index in [4.69, 9.17) is 0 Å². The van der Waals surface area contributed by atoms with Gasteiger partial charge < -0.3 is 5.32 Å².